The summed E-state index contributed by atoms with van der Waals surface area (Å²) in [5.41, 5.74) is 6.17. The summed E-state index contributed by atoms with van der Waals surface area (Å²) in [5, 5.41) is 20.4. The summed E-state index contributed by atoms with van der Waals surface area (Å²) < 4.78 is 4.88. The number of nitro groups is 1. The molecular weight excluding hydrogens is 224 g/mol. The first-order valence-corrected chi connectivity index (χ1v) is 5.27. The van der Waals surface area contributed by atoms with Crippen LogP contribution in [0.3, 0.4) is 0 Å². The lowest BCUT2D eigenvalue weighted by atomic mass is 10.00. The van der Waals surface area contributed by atoms with E-state index in [0.717, 1.165) is 0 Å². The number of aliphatic hydroxyl groups is 1. The molecule has 0 saturated carbocycles. The Morgan fingerprint density at radius 1 is 1.59 bits per heavy atom. The van der Waals surface area contributed by atoms with Crippen molar-refractivity contribution in [2.45, 2.75) is 25.5 Å². The number of nitrogens with two attached hydrogens (primary N) is 1. The molecule has 0 aliphatic heterocycles. The number of nitrogens with zero attached hydrogens (tertiary/aromatic N) is 1. The van der Waals surface area contributed by atoms with E-state index in [0.29, 0.717) is 12.0 Å². The van der Waals surface area contributed by atoms with E-state index in [4.69, 9.17) is 10.5 Å². The van der Waals surface area contributed by atoms with Crippen LogP contribution in [0, 0.1) is 10.1 Å². The smallest absolute Gasteiger partial charge is 0.311 e. The number of ether oxygens (including phenoxy) is 1. The molecular formula is C11H16N2O4. The van der Waals surface area contributed by atoms with Gasteiger partial charge in [-0.1, -0.05) is 13.0 Å². The molecule has 0 heterocycles. The molecule has 0 fully saturated rings. The first-order valence-electron chi connectivity index (χ1n) is 5.27. The third kappa shape index (κ3) is 2.92. The zero-order valence-corrected chi connectivity index (χ0v) is 9.79. The van der Waals surface area contributed by atoms with E-state index in [2.05, 4.69) is 0 Å². The largest absolute Gasteiger partial charge is 0.490 e. The predicted molar refractivity (Wildman–Crippen MR) is 62.9 cm³/mol. The van der Waals surface area contributed by atoms with Crippen LogP contribution in [0.5, 0.6) is 5.75 Å². The molecule has 2 atom stereocenters. The van der Waals surface area contributed by atoms with E-state index >= 15 is 0 Å². The summed E-state index contributed by atoms with van der Waals surface area (Å²) in [5.74, 6) is 0.178. The second-order valence-electron chi connectivity index (χ2n) is 3.69. The van der Waals surface area contributed by atoms with E-state index in [1.807, 2.05) is 0 Å². The lowest BCUT2D eigenvalue weighted by Gasteiger charge is -2.17. The number of hydrogen-bond acceptors (Lipinski definition) is 5. The van der Waals surface area contributed by atoms with Crippen LogP contribution in [-0.4, -0.2) is 23.2 Å². The maximum absolute atomic E-state index is 10.8. The average molecular weight is 240 g/mol. The molecule has 0 amide bonds. The summed E-state index contributed by atoms with van der Waals surface area (Å²) >= 11 is 0. The zero-order chi connectivity index (χ0) is 13.0. The monoisotopic (exact) mass is 240 g/mol. The van der Waals surface area contributed by atoms with Crippen LogP contribution in [0.25, 0.3) is 0 Å². The number of nitro benzene ring substituents is 1. The van der Waals surface area contributed by atoms with Gasteiger partial charge in [0.15, 0.2) is 5.75 Å². The first-order chi connectivity index (χ1) is 8.01. The minimum atomic E-state index is -0.719. The molecule has 1 aromatic carbocycles. The first kappa shape index (κ1) is 13.4. The molecule has 0 spiro atoms. The number of benzene rings is 1. The van der Waals surface area contributed by atoms with Gasteiger partial charge in [-0.25, -0.2) is 0 Å². The Morgan fingerprint density at radius 3 is 2.71 bits per heavy atom. The Bertz CT molecular complexity index is 408. The van der Waals surface area contributed by atoms with E-state index in [9.17, 15) is 15.2 Å². The van der Waals surface area contributed by atoms with Gasteiger partial charge in [-0.05, 0) is 18.1 Å². The highest BCUT2D eigenvalue weighted by Crippen LogP contribution is 2.30. The number of rotatable bonds is 5. The molecule has 6 heteroatoms. The molecule has 3 N–H and O–H groups in total. The van der Waals surface area contributed by atoms with Gasteiger partial charge in [0.25, 0.3) is 0 Å². The van der Waals surface area contributed by atoms with Crippen LogP contribution >= 0.6 is 0 Å². The molecule has 94 valence electrons. The van der Waals surface area contributed by atoms with Crippen LogP contribution in [0.4, 0.5) is 5.69 Å². The molecule has 0 bridgehead atoms. The maximum atomic E-state index is 10.8. The van der Waals surface area contributed by atoms with Gasteiger partial charge in [0.1, 0.15) is 0 Å². The summed E-state index contributed by atoms with van der Waals surface area (Å²) in [6.07, 6.45) is -0.232. The summed E-state index contributed by atoms with van der Waals surface area (Å²) in [6, 6.07) is 3.80. The Morgan fingerprint density at radius 2 is 2.24 bits per heavy atom. The van der Waals surface area contributed by atoms with Gasteiger partial charge in [0.2, 0.25) is 0 Å². The molecule has 0 radical (unpaired) electrons. The maximum Gasteiger partial charge on any atom is 0.311 e. The van der Waals surface area contributed by atoms with Gasteiger partial charge in [0, 0.05) is 6.07 Å². The van der Waals surface area contributed by atoms with Gasteiger partial charge >= 0.3 is 5.69 Å². The van der Waals surface area contributed by atoms with Crippen LogP contribution in [-0.2, 0) is 0 Å². The molecule has 0 aromatic heterocycles. The molecule has 0 aliphatic carbocycles. The Labute approximate surface area is 99.2 Å². The van der Waals surface area contributed by atoms with Crippen LogP contribution in [0.2, 0.25) is 0 Å². The van der Waals surface area contributed by atoms with Gasteiger partial charge < -0.3 is 15.6 Å². The number of aliphatic hydroxyl groups excluding tert-OH is 1. The van der Waals surface area contributed by atoms with Crippen molar-refractivity contribution >= 4 is 5.69 Å². The van der Waals surface area contributed by atoms with Gasteiger partial charge in [0.05, 0.1) is 24.2 Å². The predicted octanol–water partition coefficient (Wildman–Crippen LogP) is 1.37. The number of hydrogen-bond donors (Lipinski definition) is 2. The van der Waals surface area contributed by atoms with Crippen LogP contribution in [0.15, 0.2) is 18.2 Å². The molecule has 6 nitrogen and oxygen atoms in total. The molecule has 0 unspecified atom stereocenters. The fourth-order valence-corrected chi connectivity index (χ4v) is 1.53. The fourth-order valence-electron chi connectivity index (χ4n) is 1.53. The van der Waals surface area contributed by atoms with E-state index in [1.54, 1.807) is 13.0 Å². The molecule has 0 aliphatic rings. The zero-order valence-electron chi connectivity index (χ0n) is 9.79. The fraction of sp³-hybridized carbons (Fsp3) is 0.455. The van der Waals surface area contributed by atoms with Crippen molar-refractivity contribution in [3.05, 3.63) is 33.9 Å². The summed E-state index contributed by atoms with van der Waals surface area (Å²) in [6.45, 7) is 1.79. The Balaban J connectivity index is 3.12. The van der Waals surface area contributed by atoms with Crippen LogP contribution < -0.4 is 10.5 Å². The SMILES string of the molecule is CC[C@H](O)[C@H](N)c1ccc(OC)c([N+](=O)[O-])c1. The van der Waals surface area contributed by atoms with E-state index in [-0.39, 0.29) is 11.4 Å². The summed E-state index contributed by atoms with van der Waals surface area (Å²) in [4.78, 5) is 10.3. The third-order valence-corrected chi connectivity index (χ3v) is 2.62. The molecule has 1 aromatic rings. The minimum Gasteiger partial charge on any atom is -0.490 e. The van der Waals surface area contributed by atoms with Crippen molar-refractivity contribution in [2.24, 2.45) is 5.73 Å². The Hall–Kier alpha value is -1.66. The highest BCUT2D eigenvalue weighted by Gasteiger charge is 2.21. The highest BCUT2D eigenvalue weighted by atomic mass is 16.6. The van der Waals surface area contributed by atoms with Gasteiger partial charge in [-0.2, -0.15) is 0 Å². The lowest BCUT2D eigenvalue weighted by molar-refractivity contribution is -0.385. The lowest BCUT2D eigenvalue weighted by Crippen LogP contribution is -2.25. The average Bonchev–Trinajstić information content (AvgIpc) is 2.35. The second-order valence-corrected chi connectivity index (χ2v) is 3.69. The van der Waals surface area contributed by atoms with Crippen molar-refractivity contribution in [3.63, 3.8) is 0 Å². The van der Waals surface area contributed by atoms with Crippen LogP contribution in [0.1, 0.15) is 24.9 Å². The quantitative estimate of drug-likeness (QED) is 0.598. The van der Waals surface area contributed by atoms with Crippen molar-refractivity contribution in [1.82, 2.24) is 0 Å². The van der Waals surface area contributed by atoms with Crippen molar-refractivity contribution in [2.75, 3.05) is 7.11 Å². The second kappa shape index (κ2) is 5.60. The Kier molecular flexibility index (Phi) is 4.42. The van der Waals surface area contributed by atoms with E-state index < -0.39 is 17.1 Å². The van der Waals surface area contributed by atoms with E-state index in [1.165, 1.54) is 19.2 Å². The standard InChI is InChI=1S/C11H16N2O4/c1-3-9(14)11(12)7-4-5-10(17-2)8(6-7)13(15)16/h4-6,9,11,14H,3,12H2,1-2H3/t9-,11+/m0/s1. The third-order valence-electron chi connectivity index (χ3n) is 2.62. The summed E-state index contributed by atoms with van der Waals surface area (Å²) in [7, 11) is 1.36. The van der Waals surface area contributed by atoms with Crippen molar-refractivity contribution in [1.29, 1.82) is 0 Å². The minimum absolute atomic E-state index is 0.149. The van der Waals surface area contributed by atoms with Crippen molar-refractivity contribution in [3.8, 4) is 5.75 Å². The highest BCUT2D eigenvalue weighted by molar-refractivity contribution is 5.49. The number of methoxy groups -OCH3 is 1. The molecule has 17 heavy (non-hydrogen) atoms. The topological polar surface area (TPSA) is 98.6 Å². The van der Waals surface area contributed by atoms with Gasteiger partial charge in [-0.15, -0.1) is 0 Å². The molecule has 0 saturated heterocycles. The normalized spacial score (nSPS) is 14.1. The van der Waals surface area contributed by atoms with Gasteiger partial charge in [-0.3, -0.25) is 10.1 Å². The van der Waals surface area contributed by atoms with Crippen molar-refractivity contribution < 1.29 is 14.8 Å². The molecule has 1 rings (SSSR count).